The summed E-state index contributed by atoms with van der Waals surface area (Å²) in [4.78, 5) is 15.8. The number of ether oxygens (including phenoxy) is 1. The van der Waals surface area contributed by atoms with Crippen LogP contribution in [0.5, 0.6) is 0 Å². The van der Waals surface area contributed by atoms with Gasteiger partial charge in [0.1, 0.15) is 5.82 Å². The number of hydrogen-bond acceptors (Lipinski definition) is 4. The predicted molar refractivity (Wildman–Crippen MR) is 71.7 cm³/mol. The van der Waals surface area contributed by atoms with E-state index < -0.39 is 0 Å². The number of rotatable bonds is 8. The number of anilines is 1. The first kappa shape index (κ1) is 14.2. The molecule has 5 nitrogen and oxygen atoms in total. The number of amides is 1. The van der Waals surface area contributed by atoms with Crippen molar-refractivity contribution in [3.05, 3.63) is 36.5 Å². The molecule has 0 aliphatic carbocycles. The number of hydrogen-bond donors (Lipinski definition) is 2. The van der Waals surface area contributed by atoms with Gasteiger partial charge in [-0.2, -0.15) is 0 Å². The minimum atomic E-state index is -0.117. The molecule has 0 saturated carbocycles. The van der Waals surface area contributed by atoms with E-state index in [1.54, 1.807) is 31.5 Å². The Kier molecular flexibility index (Phi) is 6.50. The van der Waals surface area contributed by atoms with Crippen LogP contribution < -0.4 is 10.6 Å². The van der Waals surface area contributed by atoms with Gasteiger partial charge in [0.2, 0.25) is 0 Å². The van der Waals surface area contributed by atoms with Crippen molar-refractivity contribution < 1.29 is 9.53 Å². The van der Waals surface area contributed by atoms with Gasteiger partial charge in [-0.15, -0.1) is 6.58 Å². The summed E-state index contributed by atoms with van der Waals surface area (Å²) in [6.07, 6.45) is 4.10. The molecule has 0 saturated heterocycles. The van der Waals surface area contributed by atoms with E-state index in [4.69, 9.17) is 4.74 Å². The van der Waals surface area contributed by atoms with E-state index in [2.05, 4.69) is 22.2 Å². The Hall–Kier alpha value is -1.88. The molecule has 18 heavy (non-hydrogen) atoms. The number of carbonyl (C=O) groups is 1. The van der Waals surface area contributed by atoms with E-state index in [1.165, 1.54) is 0 Å². The summed E-state index contributed by atoms with van der Waals surface area (Å²) in [6.45, 7) is 5.50. The fourth-order valence-electron chi connectivity index (χ4n) is 1.33. The molecular weight excluding hydrogens is 230 g/mol. The van der Waals surface area contributed by atoms with Crippen molar-refractivity contribution in [3.8, 4) is 0 Å². The molecule has 0 aromatic carbocycles. The molecule has 1 rings (SSSR count). The zero-order valence-corrected chi connectivity index (χ0v) is 10.6. The van der Waals surface area contributed by atoms with Gasteiger partial charge >= 0.3 is 0 Å². The summed E-state index contributed by atoms with van der Waals surface area (Å²) in [5.41, 5.74) is 0.552. The van der Waals surface area contributed by atoms with Crippen LogP contribution >= 0.6 is 0 Å². The van der Waals surface area contributed by atoms with E-state index in [9.17, 15) is 4.79 Å². The number of aromatic nitrogens is 1. The van der Waals surface area contributed by atoms with Gasteiger partial charge in [-0.25, -0.2) is 4.98 Å². The molecule has 1 amide bonds. The van der Waals surface area contributed by atoms with E-state index in [0.717, 1.165) is 12.2 Å². The number of nitrogens with zero attached hydrogens (tertiary/aromatic N) is 1. The molecule has 0 spiro atoms. The normalized spacial score (nSPS) is 9.83. The predicted octanol–water partition coefficient (Wildman–Crippen LogP) is 1.45. The fraction of sp³-hybridized carbons (Fsp3) is 0.385. The Bertz CT molecular complexity index is 376. The first-order chi connectivity index (χ1) is 8.77. The second kappa shape index (κ2) is 8.25. The molecule has 2 N–H and O–H groups in total. The average molecular weight is 249 g/mol. The van der Waals surface area contributed by atoms with E-state index >= 15 is 0 Å². The van der Waals surface area contributed by atoms with Crippen molar-refractivity contribution in [2.24, 2.45) is 0 Å². The summed E-state index contributed by atoms with van der Waals surface area (Å²) in [5.74, 6) is 0.611. The molecule has 0 aliphatic heterocycles. The maximum Gasteiger partial charge on any atom is 0.252 e. The molecule has 98 valence electrons. The summed E-state index contributed by atoms with van der Waals surface area (Å²) in [5, 5.41) is 5.84. The monoisotopic (exact) mass is 249 g/mol. The van der Waals surface area contributed by atoms with Crippen molar-refractivity contribution >= 4 is 11.7 Å². The maximum atomic E-state index is 11.7. The van der Waals surface area contributed by atoms with Crippen molar-refractivity contribution in [1.82, 2.24) is 10.3 Å². The Balaban J connectivity index is 2.41. The Morgan fingerprint density at radius 1 is 1.56 bits per heavy atom. The molecule has 1 aromatic rings. The largest absolute Gasteiger partial charge is 0.385 e. The molecule has 1 heterocycles. The van der Waals surface area contributed by atoms with Crippen LogP contribution in [-0.2, 0) is 4.74 Å². The van der Waals surface area contributed by atoms with Crippen LogP contribution in [-0.4, -0.2) is 37.7 Å². The van der Waals surface area contributed by atoms with Crippen molar-refractivity contribution in [1.29, 1.82) is 0 Å². The lowest BCUT2D eigenvalue weighted by molar-refractivity contribution is 0.0948. The highest BCUT2D eigenvalue weighted by Gasteiger charge is 2.04. The zero-order chi connectivity index (χ0) is 13.2. The van der Waals surface area contributed by atoms with Crippen molar-refractivity contribution in [2.75, 3.05) is 32.1 Å². The number of carbonyl (C=O) groups excluding carboxylic acids is 1. The second-order valence-corrected chi connectivity index (χ2v) is 3.70. The number of methoxy groups -OCH3 is 1. The third-order valence-corrected chi connectivity index (χ3v) is 2.26. The highest BCUT2D eigenvalue weighted by atomic mass is 16.5. The molecule has 0 fully saturated rings. The van der Waals surface area contributed by atoms with Crippen LogP contribution in [0.4, 0.5) is 5.82 Å². The van der Waals surface area contributed by atoms with Gasteiger partial charge in [-0.3, -0.25) is 4.79 Å². The lowest BCUT2D eigenvalue weighted by Gasteiger charge is -2.06. The number of pyridine rings is 1. The first-order valence-electron chi connectivity index (χ1n) is 5.86. The summed E-state index contributed by atoms with van der Waals surface area (Å²) in [7, 11) is 1.64. The smallest absolute Gasteiger partial charge is 0.252 e. The van der Waals surface area contributed by atoms with Crippen LogP contribution in [0.25, 0.3) is 0 Å². The molecule has 1 aromatic heterocycles. The minimum Gasteiger partial charge on any atom is -0.385 e. The molecule has 5 heteroatoms. The molecule has 0 atom stereocenters. The highest BCUT2D eigenvalue weighted by molar-refractivity contribution is 5.93. The Labute approximate surface area is 107 Å². The van der Waals surface area contributed by atoms with Gasteiger partial charge in [0, 0.05) is 33.0 Å². The van der Waals surface area contributed by atoms with E-state index in [-0.39, 0.29) is 5.91 Å². The minimum absolute atomic E-state index is 0.117. The van der Waals surface area contributed by atoms with Gasteiger partial charge in [-0.05, 0) is 18.6 Å². The first-order valence-corrected chi connectivity index (χ1v) is 5.86. The van der Waals surface area contributed by atoms with Crippen molar-refractivity contribution in [3.63, 3.8) is 0 Å². The SMILES string of the molecule is C=CCNc1ccc(C(=O)NCCCOC)cn1. The van der Waals surface area contributed by atoms with Gasteiger partial charge in [0.15, 0.2) is 0 Å². The van der Waals surface area contributed by atoms with Crippen LogP contribution in [0, 0.1) is 0 Å². The van der Waals surface area contributed by atoms with Gasteiger partial charge in [0.05, 0.1) is 5.56 Å². The quantitative estimate of drug-likeness (QED) is 0.540. The van der Waals surface area contributed by atoms with Gasteiger partial charge in [0.25, 0.3) is 5.91 Å². The summed E-state index contributed by atoms with van der Waals surface area (Å²) < 4.78 is 4.90. The lowest BCUT2D eigenvalue weighted by Crippen LogP contribution is -2.25. The van der Waals surface area contributed by atoms with Gasteiger partial charge < -0.3 is 15.4 Å². The maximum absolute atomic E-state index is 11.7. The van der Waals surface area contributed by atoms with Gasteiger partial charge in [-0.1, -0.05) is 6.08 Å². The second-order valence-electron chi connectivity index (χ2n) is 3.70. The van der Waals surface area contributed by atoms with Crippen LogP contribution in [0.1, 0.15) is 16.8 Å². The highest BCUT2D eigenvalue weighted by Crippen LogP contribution is 2.04. The Morgan fingerprint density at radius 3 is 3.00 bits per heavy atom. The molecule has 0 unspecified atom stereocenters. The average Bonchev–Trinajstić information content (AvgIpc) is 2.41. The third-order valence-electron chi connectivity index (χ3n) is 2.26. The van der Waals surface area contributed by atoms with Crippen LogP contribution in [0.2, 0.25) is 0 Å². The standard InChI is InChI=1S/C13H19N3O2/c1-3-7-14-12-6-5-11(10-16-12)13(17)15-8-4-9-18-2/h3,5-6,10H,1,4,7-9H2,2H3,(H,14,16)(H,15,17). The fourth-order valence-corrected chi connectivity index (χ4v) is 1.33. The molecule has 0 aliphatic rings. The molecule has 0 bridgehead atoms. The van der Waals surface area contributed by atoms with Crippen LogP contribution in [0.3, 0.4) is 0 Å². The van der Waals surface area contributed by atoms with Crippen molar-refractivity contribution in [2.45, 2.75) is 6.42 Å². The lowest BCUT2D eigenvalue weighted by atomic mass is 10.2. The summed E-state index contributed by atoms with van der Waals surface area (Å²) in [6, 6.07) is 3.51. The Morgan fingerprint density at radius 2 is 2.39 bits per heavy atom. The van der Waals surface area contributed by atoms with E-state index in [1.807, 2.05) is 0 Å². The third kappa shape index (κ3) is 4.97. The zero-order valence-electron chi connectivity index (χ0n) is 10.6. The van der Waals surface area contributed by atoms with E-state index in [0.29, 0.717) is 25.3 Å². The number of nitrogens with one attached hydrogen (secondary N) is 2. The topological polar surface area (TPSA) is 63.2 Å². The molecule has 0 radical (unpaired) electrons. The van der Waals surface area contributed by atoms with Crippen LogP contribution in [0.15, 0.2) is 31.0 Å². The molecular formula is C13H19N3O2. The summed E-state index contributed by atoms with van der Waals surface area (Å²) >= 11 is 0.